The van der Waals surface area contributed by atoms with Gasteiger partial charge in [-0.05, 0) is 29.8 Å². The highest BCUT2D eigenvalue weighted by molar-refractivity contribution is 9.10. The normalized spacial score (nSPS) is 18.0. The molecule has 0 saturated heterocycles. The zero-order valence-corrected chi connectivity index (χ0v) is 17.7. The van der Waals surface area contributed by atoms with Crippen molar-refractivity contribution in [3.8, 4) is 0 Å². The van der Waals surface area contributed by atoms with Gasteiger partial charge in [-0.2, -0.15) is 0 Å². The third kappa shape index (κ3) is 3.62. The van der Waals surface area contributed by atoms with Crippen LogP contribution in [0.1, 0.15) is 27.9 Å². The molecule has 3 aromatic carbocycles. The van der Waals surface area contributed by atoms with E-state index in [1.807, 2.05) is 18.2 Å². The molecule has 29 heavy (non-hydrogen) atoms. The third-order valence-corrected chi connectivity index (χ3v) is 6.01. The quantitative estimate of drug-likeness (QED) is 0.527. The average Bonchev–Trinajstić information content (AvgIpc) is 2.92. The number of amides is 1. The summed E-state index contributed by atoms with van der Waals surface area (Å²) >= 11 is 9.60. The van der Waals surface area contributed by atoms with Gasteiger partial charge in [0.05, 0.1) is 18.7 Å². The standard InChI is InChI=1S/C23H17BrClNO3/c24-17-11-9-15(10-12-17)21(27)13-23(29)18-6-2-4-8-20(18)26(22(23)28)14-16-5-1-3-7-19(16)25/h1-12,29H,13-14H2/t23-/m0/s1. The molecule has 1 atom stereocenters. The summed E-state index contributed by atoms with van der Waals surface area (Å²) < 4.78 is 0.848. The second kappa shape index (κ2) is 7.75. The Hall–Kier alpha value is -2.47. The first-order chi connectivity index (χ1) is 13.9. The third-order valence-electron chi connectivity index (χ3n) is 5.11. The Kier molecular flexibility index (Phi) is 5.30. The van der Waals surface area contributed by atoms with Gasteiger partial charge in [0, 0.05) is 20.6 Å². The van der Waals surface area contributed by atoms with Crippen LogP contribution in [0.3, 0.4) is 0 Å². The highest BCUT2D eigenvalue weighted by Gasteiger charge is 2.50. The van der Waals surface area contributed by atoms with Crippen molar-refractivity contribution in [1.82, 2.24) is 0 Å². The first-order valence-electron chi connectivity index (χ1n) is 9.06. The van der Waals surface area contributed by atoms with Crippen LogP contribution in [0.5, 0.6) is 0 Å². The maximum absolute atomic E-state index is 13.3. The van der Waals surface area contributed by atoms with E-state index in [0.717, 1.165) is 10.0 Å². The lowest BCUT2D eigenvalue weighted by Crippen LogP contribution is -2.41. The maximum atomic E-state index is 13.3. The molecule has 0 unspecified atom stereocenters. The number of ketones is 1. The van der Waals surface area contributed by atoms with Crippen molar-refractivity contribution in [2.45, 2.75) is 18.6 Å². The molecule has 6 heteroatoms. The minimum atomic E-state index is -1.91. The van der Waals surface area contributed by atoms with Crippen molar-refractivity contribution < 1.29 is 14.7 Å². The minimum Gasteiger partial charge on any atom is -0.375 e. The number of Topliss-reactive ketones (excluding diaryl/α,β-unsaturated/α-hetero) is 1. The number of aliphatic hydroxyl groups is 1. The summed E-state index contributed by atoms with van der Waals surface area (Å²) in [5, 5.41) is 11.9. The summed E-state index contributed by atoms with van der Waals surface area (Å²) in [5.41, 5.74) is 0.311. The number of hydrogen-bond donors (Lipinski definition) is 1. The molecular formula is C23H17BrClNO3. The van der Waals surface area contributed by atoms with Crippen molar-refractivity contribution in [2.75, 3.05) is 4.90 Å². The van der Waals surface area contributed by atoms with Gasteiger partial charge in [-0.3, -0.25) is 9.59 Å². The number of halogens is 2. The fourth-order valence-corrected chi connectivity index (χ4v) is 4.06. The molecule has 0 aliphatic carbocycles. The fourth-order valence-electron chi connectivity index (χ4n) is 3.60. The zero-order chi connectivity index (χ0) is 20.6. The SMILES string of the molecule is O=C(C[C@@]1(O)C(=O)N(Cc2ccccc2Cl)c2ccccc21)c1ccc(Br)cc1. The number of anilines is 1. The summed E-state index contributed by atoms with van der Waals surface area (Å²) in [4.78, 5) is 27.6. The summed E-state index contributed by atoms with van der Waals surface area (Å²) in [5.74, 6) is -0.827. The summed E-state index contributed by atoms with van der Waals surface area (Å²) in [6, 6.07) is 21.1. The van der Waals surface area contributed by atoms with Crippen LogP contribution in [0.15, 0.2) is 77.3 Å². The van der Waals surface area contributed by atoms with Crippen LogP contribution in [0.25, 0.3) is 0 Å². The number of fused-ring (bicyclic) bond motifs is 1. The Morgan fingerprint density at radius 1 is 1.00 bits per heavy atom. The van der Waals surface area contributed by atoms with E-state index in [-0.39, 0.29) is 18.7 Å². The Morgan fingerprint density at radius 3 is 2.38 bits per heavy atom. The predicted molar refractivity (Wildman–Crippen MR) is 116 cm³/mol. The smallest absolute Gasteiger partial charge is 0.264 e. The number of rotatable bonds is 5. The molecule has 4 nitrogen and oxygen atoms in total. The molecule has 0 fully saturated rings. The van der Waals surface area contributed by atoms with E-state index < -0.39 is 11.5 Å². The van der Waals surface area contributed by atoms with Gasteiger partial charge in [0.1, 0.15) is 0 Å². The molecular weight excluding hydrogens is 454 g/mol. The predicted octanol–water partition coefficient (Wildman–Crippen LogP) is 5.11. The van der Waals surface area contributed by atoms with Crippen molar-refractivity contribution >= 4 is 44.9 Å². The molecule has 4 rings (SSSR count). The van der Waals surface area contributed by atoms with Gasteiger partial charge in [-0.15, -0.1) is 0 Å². The van der Waals surface area contributed by atoms with Crippen LogP contribution in [0.2, 0.25) is 5.02 Å². The number of carbonyl (C=O) groups excluding carboxylic acids is 2. The van der Waals surface area contributed by atoms with Crippen LogP contribution in [-0.4, -0.2) is 16.8 Å². The summed E-state index contributed by atoms with van der Waals surface area (Å²) in [7, 11) is 0. The first kappa shape index (κ1) is 19.8. The van der Waals surface area contributed by atoms with Crippen LogP contribution in [0, 0.1) is 0 Å². The second-order valence-electron chi connectivity index (χ2n) is 6.97. The molecule has 3 aromatic rings. The van der Waals surface area contributed by atoms with Gasteiger partial charge in [0.25, 0.3) is 5.91 Å². The Balaban J connectivity index is 1.69. The van der Waals surface area contributed by atoms with E-state index in [1.165, 1.54) is 4.90 Å². The molecule has 1 N–H and O–H groups in total. The monoisotopic (exact) mass is 469 g/mol. The van der Waals surface area contributed by atoms with Gasteiger partial charge in [-0.25, -0.2) is 0 Å². The minimum absolute atomic E-state index is 0.213. The largest absolute Gasteiger partial charge is 0.375 e. The lowest BCUT2D eigenvalue weighted by Gasteiger charge is -2.23. The first-order valence-corrected chi connectivity index (χ1v) is 10.2. The number of para-hydroxylation sites is 1. The van der Waals surface area contributed by atoms with Crippen molar-refractivity contribution in [2.24, 2.45) is 0 Å². The van der Waals surface area contributed by atoms with E-state index in [4.69, 9.17) is 11.6 Å². The molecule has 0 radical (unpaired) electrons. The molecule has 0 aromatic heterocycles. The number of nitrogens with zero attached hydrogens (tertiary/aromatic N) is 1. The van der Waals surface area contributed by atoms with Crippen LogP contribution < -0.4 is 4.90 Å². The molecule has 1 amide bonds. The lowest BCUT2D eigenvalue weighted by molar-refractivity contribution is -0.136. The van der Waals surface area contributed by atoms with Crippen molar-refractivity contribution in [3.63, 3.8) is 0 Å². The lowest BCUT2D eigenvalue weighted by atomic mass is 9.88. The summed E-state index contributed by atoms with van der Waals surface area (Å²) in [6.07, 6.45) is -0.330. The van der Waals surface area contributed by atoms with Gasteiger partial charge in [0.2, 0.25) is 0 Å². The molecule has 0 spiro atoms. The zero-order valence-electron chi connectivity index (χ0n) is 15.3. The Labute approximate surface area is 181 Å². The van der Waals surface area contributed by atoms with Gasteiger partial charge in [-0.1, -0.05) is 76.1 Å². The van der Waals surface area contributed by atoms with Crippen LogP contribution in [-0.2, 0) is 16.9 Å². The molecule has 146 valence electrons. The Bertz CT molecular complexity index is 1100. The highest BCUT2D eigenvalue weighted by atomic mass is 79.9. The van der Waals surface area contributed by atoms with Crippen LogP contribution in [0.4, 0.5) is 5.69 Å². The maximum Gasteiger partial charge on any atom is 0.264 e. The Morgan fingerprint density at radius 2 is 1.66 bits per heavy atom. The van der Waals surface area contributed by atoms with Crippen molar-refractivity contribution in [1.29, 1.82) is 0 Å². The van der Waals surface area contributed by atoms with Crippen LogP contribution >= 0.6 is 27.5 Å². The molecule has 1 heterocycles. The molecule has 1 aliphatic rings. The number of benzene rings is 3. The van der Waals surface area contributed by atoms with E-state index in [0.29, 0.717) is 21.8 Å². The van der Waals surface area contributed by atoms with Crippen molar-refractivity contribution in [3.05, 3.63) is 99.0 Å². The van der Waals surface area contributed by atoms with E-state index in [9.17, 15) is 14.7 Å². The van der Waals surface area contributed by atoms with Gasteiger partial charge in [0.15, 0.2) is 11.4 Å². The van der Waals surface area contributed by atoms with Gasteiger partial charge < -0.3 is 10.0 Å². The summed E-state index contributed by atoms with van der Waals surface area (Å²) in [6.45, 7) is 0.213. The number of carbonyl (C=O) groups is 2. The number of hydrogen-bond acceptors (Lipinski definition) is 3. The fraction of sp³-hybridized carbons (Fsp3) is 0.130. The molecule has 0 saturated carbocycles. The molecule has 0 bridgehead atoms. The molecule has 1 aliphatic heterocycles. The van der Waals surface area contributed by atoms with Gasteiger partial charge >= 0.3 is 0 Å². The average molecular weight is 471 g/mol. The van der Waals surface area contributed by atoms with E-state index >= 15 is 0 Å². The van der Waals surface area contributed by atoms with E-state index in [1.54, 1.807) is 54.6 Å². The highest BCUT2D eigenvalue weighted by Crippen LogP contribution is 2.43. The van der Waals surface area contributed by atoms with E-state index in [2.05, 4.69) is 15.9 Å². The second-order valence-corrected chi connectivity index (χ2v) is 8.29. The topological polar surface area (TPSA) is 57.6 Å².